The van der Waals surface area contributed by atoms with Crippen LogP contribution in [0.4, 0.5) is 29.3 Å². The maximum absolute atomic E-state index is 12.5. The highest BCUT2D eigenvalue weighted by atomic mass is 19.4. The van der Waals surface area contributed by atoms with Gasteiger partial charge in [0.15, 0.2) is 0 Å². The number of hydrogen-bond acceptors (Lipinski definition) is 3. The topological polar surface area (TPSA) is 99.3 Å². The van der Waals surface area contributed by atoms with Crippen LogP contribution in [-0.2, 0) is 11.0 Å². The van der Waals surface area contributed by atoms with Crippen LogP contribution in [0.5, 0.6) is 0 Å². The molecule has 0 atom stereocenters. The predicted molar refractivity (Wildman–Crippen MR) is 106 cm³/mol. The Morgan fingerprint density at radius 1 is 0.800 bits per heavy atom. The Bertz CT molecular complexity index is 882. The van der Waals surface area contributed by atoms with E-state index < -0.39 is 17.8 Å². The molecule has 30 heavy (non-hydrogen) atoms. The van der Waals surface area contributed by atoms with E-state index in [-0.39, 0.29) is 24.0 Å². The number of rotatable bonds is 7. The van der Waals surface area contributed by atoms with Gasteiger partial charge in [0, 0.05) is 36.4 Å². The molecule has 2 rings (SSSR count). The molecule has 0 saturated carbocycles. The van der Waals surface area contributed by atoms with Gasteiger partial charge in [-0.3, -0.25) is 9.59 Å². The molecule has 0 heterocycles. The summed E-state index contributed by atoms with van der Waals surface area (Å²) in [5.41, 5.74) is 0.151. The quantitative estimate of drug-likeness (QED) is 0.513. The van der Waals surface area contributed by atoms with E-state index in [4.69, 9.17) is 0 Å². The van der Waals surface area contributed by atoms with Crippen LogP contribution in [0.15, 0.2) is 48.5 Å². The number of hydrogen-bond donors (Lipinski definition) is 4. The van der Waals surface area contributed by atoms with Crippen LogP contribution in [0.3, 0.4) is 0 Å². The summed E-state index contributed by atoms with van der Waals surface area (Å²) in [6.07, 6.45) is -4.08. The molecule has 0 spiro atoms. The first-order chi connectivity index (χ1) is 14.2. The molecule has 160 valence electrons. The summed E-state index contributed by atoms with van der Waals surface area (Å²) < 4.78 is 37.6. The summed E-state index contributed by atoms with van der Waals surface area (Å²) >= 11 is 0. The van der Waals surface area contributed by atoms with E-state index in [2.05, 4.69) is 21.3 Å². The van der Waals surface area contributed by atoms with Gasteiger partial charge in [0.1, 0.15) is 0 Å². The standard InChI is InChI=1S/C20H21F3N4O3/c1-2-17(28)24-11-12-25-18(29)13-3-7-15(8-4-13)26-19(30)27-16-9-5-14(6-10-16)20(21,22)23/h3-10H,2,11-12H2,1H3,(H,24,28)(H,25,29)(H2,26,27,30). The minimum atomic E-state index is -4.45. The van der Waals surface area contributed by atoms with Crippen molar-refractivity contribution in [3.05, 3.63) is 59.7 Å². The number of amides is 4. The molecule has 4 amide bonds. The van der Waals surface area contributed by atoms with Crippen molar-refractivity contribution in [3.8, 4) is 0 Å². The Hall–Kier alpha value is -3.56. The molecule has 0 bridgehead atoms. The third-order valence-corrected chi connectivity index (χ3v) is 3.93. The van der Waals surface area contributed by atoms with Crippen molar-refractivity contribution in [1.82, 2.24) is 10.6 Å². The summed E-state index contributed by atoms with van der Waals surface area (Å²) in [7, 11) is 0. The van der Waals surface area contributed by atoms with Crippen LogP contribution < -0.4 is 21.3 Å². The second-order valence-electron chi connectivity index (χ2n) is 6.19. The number of carbonyl (C=O) groups excluding carboxylic acids is 3. The van der Waals surface area contributed by atoms with Gasteiger partial charge >= 0.3 is 12.2 Å². The van der Waals surface area contributed by atoms with Crippen LogP contribution >= 0.6 is 0 Å². The molecule has 2 aromatic carbocycles. The Balaban J connectivity index is 1.82. The van der Waals surface area contributed by atoms with E-state index in [1.54, 1.807) is 6.92 Å². The first-order valence-corrected chi connectivity index (χ1v) is 9.09. The molecule has 0 unspecified atom stereocenters. The molecule has 0 radical (unpaired) electrons. The zero-order valence-corrected chi connectivity index (χ0v) is 16.1. The Labute approximate surface area is 171 Å². The molecule has 0 saturated heterocycles. The molecule has 4 N–H and O–H groups in total. The molecule has 0 fully saturated rings. The summed E-state index contributed by atoms with van der Waals surface area (Å²) in [5.74, 6) is -0.434. The molecule has 10 heteroatoms. The van der Waals surface area contributed by atoms with Gasteiger partial charge < -0.3 is 21.3 Å². The van der Waals surface area contributed by atoms with E-state index in [0.717, 1.165) is 24.3 Å². The molecule has 0 aliphatic carbocycles. The maximum atomic E-state index is 12.5. The van der Waals surface area contributed by atoms with E-state index in [9.17, 15) is 27.6 Å². The van der Waals surface area contributed by atoms with Gasteiger partial charge in [-0.2, -0.15) is 13.2 Å². The number of anilines is 2. The lowest BCUT2D eigenvalue weighted by atomic mass is 10.2. The van der Waals surface area contributed by atoms with Gasteiger partial charge in [0.25, 0.3) is 5.91 Å². The van der Waals surface area contributed by atoms with Crippen LogP contribution in [0.2, 0.25) is 0 Å². The van der Waals surface area contributed by atoms with Crippen molar-refractivity contribution >= 4 is 29.2 Å². The second-order valence-corrected chi connectivity index (χ2v) is 6.19. The minimum Gasteiger partial charge on any atom is -0.354 e. The molecule has 0 aliphatic rings. The zero-order chi connectivity index (χ0) is 22.1. The Kier molecular flexibility index (Phi) is 7.79. The first-order valence-electron chi connectivity index (χ1n) is 9.09. The normalized spacial score (nSPS) is 10.8. The van der Waals surface area contributed by atoms with Crippen molar-refractivity contribution in [2.24, 2.45) is 0 Å². The van der Waals surface area contributed by atoms with Crippen molar-refractivity contribution in [2.75, 3.05) is 23.7 Å². The summed E-state index contributed by atoms with van der Waals surface area (Å²) in [6, 6.07) is 9.45. The summed E-state index contributed by atoms with van der Waals surface area (Å²) in [5, 5.41) is 10.2. The fraction of sp³-hybridized carbons (Fsp3) is 0.250. The molecule has 2 aromatic rings. The highest BCUT2D eigenvalue weighted by Crippen LogP contribution is 2.29. The Morgan fingerprint density at radius 2 is 1.30 bits per heavy atom. The highest BCUT2D eigenvalue weighted by molar-refractivity contribution is 6.00. The van der Waals surface area contributed by atoms with Gasteiger partial charge in [0.05, 0.1) is 5.56 Å². The second kappa shape index (κ2) is 10.3. The summed E-state index contributed by atoms with van der Waals surface area (Å²) in [4.78, 5) is 35.1. The average molecular weight is 422 g/mol. The van der Waals surface area contributed by atoms with E-state index in [0.29, 0.717) is 24.2 Å². The van der Waals surface area contributed by atoms with Crippen LogP contribution in [-0.4, -0.2) is 30.9 Å². The van der Waals surface area contributed by atoms with Gasteiger partial charge in [-0.1, -0.05) is 6.92 Å². The lowest BCUT2D eigenvalue weighted by Gasteiger charge is -2.10. The predicted octanol–water partition coefficient (Wildman–Crippen LogP) is 3.61. The first kappa shape index (κ1) is 22.7. The van der Waals surface area contributed by atoms with Crippen LogP contribution in [0.1, 0.15) is 29.3 Å². The van der Waals surface area contributed by atoms with Crippen LogP contribution in [0, 0.1) is 0 Å². The monoisotopic (exact) mass is 422 g/mol. The van der Waals surface area contributed by atoms with Gasteiger partial charge in [-0.05, 0) is 48.5 Å². The number of carbonyl (C=O) groups is 3. The van der Waals surface area contributed by atoms with Crippen molar-refractivity contribution in [3.63, 3.8) is 0 Å². The van der Waals surface area contributed by atoms with Crippen molar-refractivity contribution in [1.29, 1.82) is 0 Å². The largest absolute Gasteiger partial charge is 0.416 e. The van der Waals surface area contributed by atoms with E-state index in [1.165, 1.54) is 24.3 Å². The number of nitrogens with one attached hydrogen (secondary N) is 4. The number of alkyl halides is 3. The SMILES string of the molecule is CCC(=O)NCCNC(=O)c1ccc(NC(=O)Nc2ccc(C(F)(F)F)cc2)cc1. The third-order valence-electron chi connectivity index (χ3n) is 3.93. The minimum absolute atomic E-state index is 0.103. The zero-order valence-electron chi connectivity index (χ0n) is 16.1. The average Bonchev–Trinajstić information content (AvgIpc) is 2.71. The maximum Gasteiger partial charge on any atom is 0.416 e. The molecular weight excluding hydrogens is 401 g/mol. The fourth-order valence-electron chi connectivity index (χ4n) is 2.35. The van der Waals surface area contributed by atoms with Gasteiger partial charge in [-0.25, -0.2) is 4.79 Å². The Morgan fingerprint density at radius 3 is 1.80 bits per heavy atom. The molecule has 0 aliphatic heterocycles. The van der Waals surface area contributed by atoms with Gasteiger partial charge in [-0.15, -0.1) is 0 Å². The number of urea groups is 1. The van der Waals surface area contributed by atoms with Crippen molar-refractivity contribution in [2.45, 2.75) is 19.5 Å². The smallest absolute Gasteiger partial charge is 0.354 e. The van der Waals surface area contributed by atoms with E-state index >= 15 is 0 Å². The molecule has 7 nitrogen and oxygen atoms in total. The lowest BCUT2D eigenvalue weighted by Crippen LogP contribution is -2.34. The van der Waals surface area contributed by atoms with Crippen molar-refractivity contribution < 1.29 is 27.6 Å². The lowest BCUT2D eigenvalue weighted by molar-refractivity contribution is -0.137. The number of halogens is 3. The van der Waals surface area contributed by atoms with Crippen LogP contribution in [0.25, 0.3) is 0 Å². The highest BCUT2D eigenvalue weighted by Gasteiger charge is 2.29. The van der Waals surface area contributed by atoms with Gasteiger partial charge in [0.2, 0.25) is 5.91 Å². The fourth-order valence-corrected chi connectivity index (χ4v) is 2.35. The van der Waals surface area contributed by atoms with E-state index in [1.807, 2.05) is 0 Å². The summed E-state index contributed by atoms with van der Waals surface area (Å²) in [6.45, 7) is 2.33. The molecular formula is C20H21F3N4O3. The number of benzene rings is 2. The molecule has 0 aromatic heterocycles. The third kappa shape index (κ3) is 7.12.